The Bertz CT molecular complexity index is 431. The van der Waals surface area contributed by atoms with Crippen molar-refractivity contribution in [2.45, 2.75) is 13.5 Å². The van der Waals surface area contributed by atoms with E-state index in [0.29, 0.717) is 6.54 Å². The molecule has 0 fully saturated rings. The molecular formula is C8H9N3OS. The molecule has 2 rings (SSSR count). The number of thiazole rings is 1. The van der Waals surface area contributed by atoms with Gasteiger partial charge in [-0.3, -0.25) is 9.20 Å². The number of fused-ring (bicyclic) bond motifs is 1. The largest absolute Gasteiger partial charge is 0.351 e. The third-order valence-corrected chi connectivity index (χ3v) is 2.64. The van der Waals surface area contributed by atoms with E-state index >= 15 is 0 Å². The minimum Gasteiger partial charge on any atom is -0.351 e. The van der Waals surface area contributed by atoms with Crippen molar-refractivity contribution < 1.29 is 4.79 Å². The van der Waals surface area contributed by atoms with E-state index in [-0.39, 0.29) is 5.91 Å². The zero-order chi connectivity index (χ0) is 9.26. The van der Waals surface area contributed by atoms with Gasteiger partial charge in [0.05, 0.1) is 12.2 Å². The van der Waals surface area contributed by atoms with Crippen molar-refractivity contribution in [1.82, 2.24) is 14.7 Å². The van der Waals surface area contributed by atoms with E-state index in [4.69, 9.17) is 0 Å². The van der Waals surface area contributed by atoms with Gasteiger partial charge in [-0.15, -0.1) is 11.3 Å². The Morgan fingerprint density at radius 1 is 1.77 bits per heavy atom. The van der Waals surface area contributed by atoms with Crippen molar-refractivity contribution in [3.05, 3.63) is 23.5 Å². The monoisotopic (exact) mass is 195 g/mol. The third-order valence-electron chi connectivity index (χ3n) is 1.74. The first kappa shape index (κ1) is 8.25. The molecule has 0 aliphatic rings. The lowest BCUT2D eigenvalue weighted by Crippen LogP contribution is -2.19. The van der Waals surface area contributed by atoms with Gasteiger partial charge in [-0.05, 0) is 0 Å². The number of hydrogen-bond acceptors (Lipinski definition) is 3. The van der Waals surface area contributed by atoms with Crippen LogP contribution in [0.4, 0.5) is 0 Å². The Morgan fingerprint density at radius 2 is 2.62 bits per heavy atom. The number of amides is 1. The molecule has 5 heteroatoms. The second-order valence-corrected chi connectivity index (χ2v) is 3.55. The predicted octanol–water partition coefficient (Wildman–Crippen LogP) is 1.03. The first-order valence-corrected chi connectivity index (χ1v) is 4.79. The van der Waals surface area contributed by atoms with Gasteiger partial charge in [0.15, 0.2) is 4.96 Å². The van der Waals surface area contributed by atoms with E-state index in [1.54, 1.807) is 17.5 Å². The van der Waals surface area contributed by atoms with Crippen LogP contribution < -0.4 is 5.32 Å². The van der Waals surface area contributed by atoms with E-state index in [9.17, 15) is 4.79 Å². The van der Waals surface area contributed by atoms with Gasteiger partial charge in [0.1, 0.15) is 0 Å². The second kappa shape index (κ2) is 3.18. The first-order valence-electron chi connectivity index (χ1n) is 3.91. The highest BCUT2D eigenvalue weighted by Crippen LogP contribution is 2.13. The van der Waals surface area contributed by atoms with Gasteiger partial charge in [-0.2, -0.15) is 0 Å². The Kier molecular flexibility index (Phi) is 2.02. The summed E-state index contributed by atoms with van der Waals surface area (Å²) >= 11 is 1.57. The molecule has 0 atom stereocenters. The Balaban J connectivity index is 2.23. The topological polar surface area (TPSA) is 46.4 Å². The summed E-state index contributed by atoms with van der Waals surface area (Å²) in [5.41, 5.74) is 1.06. The van der Waals surface area contributed by atoms with Crippen LogP contribution in [0.5, 0.6) is 0 Å². The van der Waals surface area contributed by atoms with E-state index < -0.39 is 0 Å². The van der Waals surface area contributed by atoms with Crippen LogP contribution in [0.1, 0.15) is 12.6 Å². The molecule has 2 heterocycles. The fourth-order valence-corrected chi connectivity index (χ4v) is 1.97. The molecule has 0 saturated heterocycles. The molecule has 2 aromatic rings. The van der Waals surface area contributed by atoms with Crippen LogP contribution in [0, 0.1) is 0 Å². The van der Waals surface area contributed by atoms with Crippen molar-refractivity contribution in [2.24, 2.45) is 0 Å². The maximum atomic E-state index is 10.7. The highest BCUT2D eigenvalue weighted by Gasteiger charge is 2.03. The lowest BCUT2D eigenvalue weighted by molar-refractivity contribution is -0.119. The van der Waals surface area contributed by atoms with Gasteiger partial charge in [0.2, 0.25) is 5.91 Å². The van der Waals surface area contributed by atoms with E-state index in [1.807, 2.05) is 16.0 Å². The average molecular weight is 195 g/mol. The fourth-order valence-electron chi connectivity index (χ4n) is 1.11. The molecule has 0 bridgehead atoms. The summed E-state index contributed by atoms with van der Waals surface area (Å²) in [6, 6.07) is 0. The molecule has 2 aromatic heterocycles. The average Bonchev–Trinajstić information content (AvgIpc) is 2.60. The highest BCUT2D eigenvalue weighted by molar-refractivity contribution is 7.15. The molecule has 0 spiro atoms. The molecule has 1 N–H and O–H groups in total. The molecule has 0 saturated carbocycles. The number of imidazole rings is 1. The van der Waals surface area contributed by atoms with Crippen LogP contribution in [0.15, 0.2) is 17.8 Å². The smallest absolute Gasteiger partial charge is 0.217 e. The van der Waals surface area contributed by atoms with Gasteiger partial charge < -0.3 is 5.32 Å². The standard InChI is InChI=1S/C8H9N3OS/c1-6(12)10-4-7-5-13-8-9-2-3-11(7)8/h2-3,5H,4H2,1H3,(H,10,12). The van der Waals surface area contributed by atoms with Crippen molar-refractivity contribution in [1.29, 1.82) is 0 Å². The van der Waals surface area contributed by atoms with Crippen molar-refractivity contribution in [2.75, 3.05) is 0 Å². The molecule has 13 heavy (non-hydrogen) atoms. The predicted molar refractivity (Wildman–Crippen MR) is 50.6 cm³/mol. The quantitative estimate of drug-likeness (QED) is 0.778. The number of rotatable bonds is 2. The summed E-state index contributed by atoms with van der Waals surface area (Å²) in [7, 11) is 0. The Hall–Kier alpha value is -1.36. The van der Waals surface area contributed by atoms with Gasteiger partial charge in [-0.1, -0.05) is 0 Å². The van der Waals surface area contributed by atoms with Crippen LogP contribution >= 0.6 is 11.3 Å². The molecule has 0 unspecified atom stereocenters. The number of nitrogens with one attached hydrogen (secondary N) is 1. The molecule has 4 nitrogen and oxygen atoms in total. The van der Waals surface area contributed by atoms with Crippen LogP contribution in [0.2, 0.25) is 0 Å². The van der Waals surface area contributed by atoms with E-state index in [0.717, 1.165) is 10.7 Å². The number of carbonyl (C=O) groups excluding carboxylic acids is 1. The maximum Gasteiger partial charge on any atom is 0.217 e. The fraction of sp³-hybridized carbons (Fsp3) is 0.250. The number of hydrogen-bond donors (Lipinski definition) is 1. The maximum absolute atomic E-state index is 10.7. The normalized spacial score (nSPS) is 10.5. The summed E-state index contributed by atoms with van der Waals surface area (Å²) in [5.74, 6) is -0.0144. The van der Waals surface area contributed by atoms with Crippen LogP contribution in [-0.4, -0.2) is 15.3 Å². The minimum absolute atomic E-state index is 0.0144. The number of aromatic nitrogens is 2. The third kappa shape index (κ3) is 1.55. The van der Waals surface area contributed by atoms with Crippen molar-refractivity contribution in [3.8, 4) is 0 Å². The summed E-state index contributed by atoms with van der Waals surface area (Å²) in [4.78, 5) is 15.8. The Morgan fingerprint density at radius 3 is 3.38 bits per heavy atom. The number of nitrogens with zero attached hydrogens (tertiary/aromatic N) is 2. The van der Waals surface area contributed by atoms with Crippen LogP contribution in [0.3, 0.4) is 0 Å². The SMILES string of the molecule is CC(=O)NCc1csc2nccn12. The summed E-state index contributed by atoms with van der Waals surface area (Å²) in [5, 5.41) is 4.75. The first-order chi connectivity index (χ1) is 6.27. The molecule has 68 valence electrons. The van der Waals surface area contributed by atoms with E-state index in [1.165, 1.54) is 6.92 Å². The zero-order valence-corrected chi connectivity index (χ0v) is 7.97. The van der Waals surface area contributed by atoms with Crippen LogP contribution in [-0.2, 0) is 11.3 Å². The summed E-state index contributed by atoms with van der Waals surface area (Å²) in [6.45, 7) is 2.07. The minimum atomic E-state index is -0.0144. The molecule has 0 aliphatic carbocycles. The molecule has 0 radical (unpaired) electrons. The Labute approximate surface area is 79.2 Å². The highest BCUT2D eigenvalue weighted by atomic mass is 32.1. The zero-order valence-electron chi connectivity index (χ0n) is 7.15. The van der Waals surface area contributed by atoms with Crippen LogP contribution in [0.25, 0.3) is 4.96 Å². The lowest BCUT2D eigenvalue weighted by Gasteiger charge is -1.99. The van der Waals surface area contributed by atoms with Gasteiger partial charge in [0.25, 0.3) is 0 Å². The number of carbonyl (C=O) groups is 1. The van der Waals surface area contributed by atoms with Gasteiger partial charge in [0, 0.05) is 24.7 Å². The molecule has 1 amide bonds. The molecular weight excluding hydrogens is 186 g/mol. The van der Waals surface area contributed by atoms with Crippen molar-refractivity contribution >= 4 is 22.2 Å². The van der Waals surface area contributed by atoms with Crippen molar-refractivity contribution in [3.63, 3.8) is 0 Å². The second-order valence-electron chi connectivity index (χ2n) is 2.72. The van der Waals surface area contributed by atoms with Gasteiger partial charge >= 0.3 is 0 Å². The van der Waals surface area contributed by atoms with Gasteiger partial charge in [-0.25, -0.2) is 4.98 Å². The van der Waals surface area contributed by atoms with E-state index in [2.05, 4.69) is 10.3 Å². The molecule has 0 aromatic carbocycles. The lowest BCUT2D eigenvalue weighted by atomic mass is 10.4. The molecule has 0 aliphatic heterocycles. The summed E-state index contributed by atoms with van der Waals surface area (Å²) in [6.07, 6.45) is 3.64. The summed E-state index contributed by atoms with van der Waals surface area (Å²) < 4.78 is 1.97.